The highest BCUT2D eigenvalue weighted by Crippen LogP contribution is 2.55. The Morgan fingerprint density at radius 1 is 1.29 bits per heavy atom. The van der Waals surface area contributed by atoms with E-state index in [-0.39, 0.29) is 12.0 Å². The number of rotatable bonds is 8. The number of carboxylic acids is 1. The van der Waals surface area contributed by atoms with E-state index >= 15 is 0 Å². The van der Waals surface area contributed by atoms with E-state index in [1.807, 2.05) is 30.5 Å². The number of unbranched alkanes of at least 4 members (excludes halogenated alkanes) is 1. The lowest BCUT2D eigenvalue weighted by molar-refractivity contribution is -0.131. The summed E-state index contributed by atoms with van der Waals surface area (Å²) < 4.78 is 30.8. The normalized spacial score (nSPS) is 21.3. The number of benzene rings is 2. The molecule has 168 valence electrons. The number of aliphatic carboxylic acids is 1. The van der Waals surface area contributed by atoms with Gasteiger partial charge in [0.15, 0.2) is 0 Å². The molecule has 2 aromatic rings. The van der Waals surface area contributed by atoms with Gasteiger partial charge in [-0.25, -0.2) is 9.52 Å². The van der Waals surface area contributed by atoms with Crippen LogP contribution in [0.25, 0.3) is 0 Å². The summed E-state index contributed by atoms with van der Waals surface area (Å²) in [7, 11) is -3.27. The molecular formula is C23H29NO5S2. The van der Waals surface area contributed by atoms with Crippen LogP contribution in [-0.2, 0) is 4.79 Å². The van der Waals surface area contributed by atoms with Crippen molar-refractivity contribution < 1.29 is 23.7 Å². The van der Waals surface area contributed by atoms with Crippen LogP contribution in [0.2, 0.25) is 0 Å². The van der Waals surface area contributed by atoms with Gasteiger partial charge in [-0.05, 0) is 36.3 Å². The Bertz CT molecular complexity index is 933. The van der Waals surface area contributed by atoms with Crippen LogP contribution >= 0.6 is 22.5 Å². The topological polar surface area (TPSA) is 99.0 Å². The smallest absolute Gasteiger partial charge is 0.331 e. The Balaban J connectivity index is 2.12. The lowest BCUT2D eigenvalue weighted by Gasteiger charge is -2.36. The SMILES string of the molecule is CCCCC1CC(c2ccccc2)c2cc(SC)c(O/C=C/C(=O)O)cc2S(O)(O)N1. The molecule has 1 heterocycles. The molecule has 2 aromatic carbocycles. The van der Waals surface area contributed by atoms with Gasteiger partial charge in [-0.1, -0.05) is 50.1 Å². The highest BCUT2D eigenvalue weighted by molar-refractivity contribution is 8.22. The second-order valence-corrected chi connectivity index (χ2v) is 10.1. The third-order valence-corrected chi connectivity index (χ3v) is 7.73. The number of fused-ring (bicyclic) bond motifs is 1. The van der Waals surface area contributed by atoms with Gasteiger partial charge in [-0.3, -0.25) is 9.11 Å². The third-order valence-electron chi connectivity index (χ3n) is 5.34. The van der Waals surface area contributed by atoms with E-state index in [4.69, 9.17) is 9.84 Å². The summed E-state index contributed by atoms with van der Waals surface area (Å²) in [5.41, 5.74) is 1.98. The van der Waals surface area contributed by atoms with Crippen LogP contribution in [0.1, 0.15) is 49.7 Å². The molecule has 2 atom stereocenters. The Labute approximate surface area is 189 Å². The Morgan fingerprint density at radius 3 is 2.68 bits per heavy atom. The predicted octanol–water partition coefficient (Wildman–Crippen LogP) is 6.09. The van der Waals surface area contributed by atoms with E-state index in [0.717, 1.165) is 54.0 Å². The van der Waals surface area contributed by atoms with Crippen molar-refractivity contribution in [2.75, 3.05) is 6.26 Å². The molecule has 2 unspecified atom stereocenters. The fraction of sp³-hybridized carbons (Fsp3) is 0.348. The van der Waals surface area contributed by atoms with Crippen molar-refractivity contribution in [2.45, 2.75) is 54.4 Å². The van der Waals surface area contributed by atoms with E-state index in [2.05, 4.69) is 23.8 Å². The second-order valence-electron chi connectivity index (χ2n) is 7.50. The highest BCUT2D eigenvalue weighted by atomic mass is 32.3. The molecule has 3 rings (SSSR count). The fourth-order valence-corrected chi connectivity index (χ4v) is 6.04. The lowest BCUT2D eigenvalue weighted by Crippen LogP contribution is -2.31. The zero-order valence-corrected chi connectivity index (χ0v) is 19.3. The summed E-state index contributed by atoms with van der Waals surface area (Å²) in [4.78, 5) is 12.0. The minimum Gasteiger partial charge on any atom is -0.478 e. The van der Waals surface area contributed by atoms with Crippen molar-refractivity contribution in [3.8, 4) is 5.75 Å². The maximum absolute atomic E-state index is 11.1. The van der Waals surface area contributed by atoms with Crippen molar-refractivity contribution in [1.29, 1.82) is 0 Å². The lowest BCUT2D eigenvalue weighted by atomic mass is 9.85. The minimum atomic E-state index is -3.27. The van der Waals surface area contributed by atoms with Gasteiger partial charge in [0.1, 0.15) is 5.75 Å². The van der Waals surface area contributed by atoms with Crippen LogP contribution in [0.5, 0.6) is 5.75 Å². The molecule has 1 aliphatic heterocycles. The largest absolute Gasteiger partial charge is 0.478 e. The number of hydrogen-bond donors (Lipinski definition) is 4. The van der Waals surface area contributed by atoms with E-state index in [1.165, 1.54) is 11.8 Å². The number of ether oxygens (including phenoxy) is 1. The van der Waals surface area contributed by atoms with E-state index in [0.29, 0.717) is 10.6 Å². The molecule has 6 nitrogen and oxygen atoms in total. The molecule has 1 aliphatic rings. The van der Waals surface area contributed by atoms with Crippen LogP contribution in [0.4, 0.5) is 0 Å². The Morgan fingerprint density at radius 2 is 2.03 bits per heavy atom. The van der Waals surface area contributed by atoms with Crippen LogP contribution in [0.15, 0.2) is 64.6 Å². The summed E-state index contributed by atoms with van der Waals surface area (Å²) in [6.07, 6.45) is 7.53. The molecule has 4 N–H and O–H groups in total. The summed E-state index contributed by atoms with van der Waals surface area (Å²) in [5, 5.41) is 8.83. The van der Waals surface area contributed by atoms with Crippen molar-refractivity contribution in [3.63, 3.8) is 0 Å². The fourth-order valence-electron chi connectivity index (χ4n) is 3.88. The molecular weight excluding hydrogens is 434 g/mol. The van der Waals surface area contributed by atoms with Gasteiger partial charge in [0.05, 0.1) is 22.1 Å². The molecule has 31 heavy (non-hydrogen) atoms. The van der Waals surface area contributed by atoms with E-state index in [9.17, 15) is 13.9 Å². The molecule has 0 aromatic heterocycles. The molecule has 8 heteroatoms. The van der Waals surface area contributed by atoms with Gasteiger partial charge in [0, 0.05) is 18.0 Å². The first-order valence-electron chi connectivity index (χ1n) is 10.2. The zero-order chi connectivity index (χ0) is 22.4. The molecule has 0 aliphatic carbocycles. The highest BCUT2D eigenvalue weighted by Gasteiger charge is 2.34. The summed E-state index contributed by atoms with van der Waals surface area (Å²) >= 11 is 1.47. The van der Waals surface area contributed by atoms with Gasteiger partial charge >= 0.3 is 5.97 Å². The third kappa shape index (κ3) is 5.84. The summed E-state index contributed by atoms with van der Waals surface area (Å²) in [5.74, 6) is -0.729. The van der Waals surface area contributed by atoms with Crippen LogP contribution in [0.3, 0.4) is 0 Å². The van der Waals surface area contributed by atoms with Crippen molar-refractivity contribution in [2.24, 2.45) is 0 Å². The zero-order valence-electron chi connectivity index (χ0n) is 17.7. The molecule has 0 radical (unpaired) electrons. The molecule has 0 saturated carbocycles. The maximum Gasteiger partial charge on any atom is 0.331 e. The van der Waals surface area contributed by atoms with Crippen LogP contribution < -0.4 is 9.46 Å². The van der Waals surface area contributed by atoms with Gasteiger partial charge in [0.25, 0.3) is 0 Å². The first-order valence-corrected chi connectivity index (χ1v) is 13.0. The van der Waals surface area contributed by atoms with Crippen molar-refractivity contribution >= 4 is 28.5 Å². The average molecular weight is 464 g/mol. The van der Waals surface area contributed by atoms with E-state index < -0.39 is 16.7 Å². The van der Waals surface area contributed by atoms with Crippen molar-refractivity contribution in [1.82, 2.24) is 4.72 Å². The summed E-state index contributed by atoms with van der Waals surface area (Å²) in [6, 6.07) is 13.6. The number of nitrogens with one attached hydrogen (secondary N) is 1. The molecule has 0 amide bonds. The Hall–Kier alpha value is -1.97. The number of hydrogen-bond acceptors (Lipinski definition) is 6. The van der Waals surface area contributed by atoms with Crippen LogP contribution in [-0.4, -0.2) is 32.5 Å². The van der Waals surface area contributed by atoms with Gasteiger partial charge in [-0.15, -0.1) is 22.5 Å². The average Bonchev–Trinajstić information content (AvgIpc) is 2.85. The molecule has 0 spiro atoms. The second kappa shape index (κ2) is 10.6. The summed E-state index contributed by atoms with van der Waals surface area (Å²) in [6.45, 7) is 2.12. The van der Waals surface area contributed by atoms with E-state index in [1.54, 1.807) is 6.07 Å². The number of carboxylic acid groups (broad SMARTS) is 1. The predicted molar refractivity (Wildman–Crippen MR) is 126 cm³/mol. The first-order chi connectivity index (χ1) is 14.9. The first kappa shape index (κ1) is 23.7. The quantitative estimate of drug-likeness (QED) is 0.213. The van der Waals surface area contributed by atoms with Gasteiger partial charge in [-0.2, -0.15) is 0 Å². The van der Waals surface area contributed by atoms with Gasteiger partial charge in [0.2, 0.25) is 0 Å². The number of carbonyl (C=O) groups is 1. The molecule has 0 fully saturated rings. The minimum absolute atomic E-state index is 0.00579. The Kier molecular flexibility index (Phi) is 8.07. The number of thioether (sulfide) groups is 1. The molecule has 0 bridgehead atoms. The van der Waals surface area contributed by atoms with Crippen LogP contribution in [0, 0.1) is 0 Å². The van der Waals surface area contributed by atoms with Gasteiger partial charge < -0.3 is 9.84 Å². The van der Waals surface area contributed by atoms with Crippen molar-refractivity contribution in [3.05, 3.63) is 65.9 Å². The monoisotopic (exact) mass is 463 g/mol. The maximum atomic E-state index is 11.1. The standard InChI is InChI=1S/C23H29NO5S2/c1-3-4-10-17-13-18(16-8-6-5-7-9-16)19-14-21(30-2)20(29-12-11-23(25)26)15-22(19)31(27,28)24-17/h5-9,11-12,14-15,17-18,24,27-28H,3-4,10,13H2,1-2H3,(H,25,26)/b12-11+. The molecule has 0 saturated heterocycles.